The molecule has 7 heteroatoms. The van der Waals surface area contributed by atoms with Crippen molar-refractivity contribution in [1.82, 2.24) is 4.90 Å². The molecular weight excluding hydrogens is 292 g/mol. The molecule has 1 amide bonds. The van der Waals surface area contributed by atoms with Gasteiger partial charge in [0.15, 0.2) is 6.61 Å². The summed E-state index contributed by atoms with van der Waals surface area (Å²) in [6.07, 6.45) is 3.24. The van der Waals surface area contributed by atoms with Gasteiger partial charge in [-0.15, -0.1) is 0 Å². The Bertz CT molecular complexity index is 622. The number of rotatable bonds is 4. The molecular formula is C14H20N2O4S. The van der Waals surface area contributed by atoms with E-state index in [1.54, 1.807) is 17.9 Å². The minimum absolute atomic E-state index is 0.0336. The number of hydrogen-bond donors (Lipinski definition) is 1. The second-order valence-electron chi connectivity index (χ2n) is 5.20. The molecule has 1 aliphatic heterocycles. The van der Waals surface area contributed by atoms with Crippen molar-refractivity contribution >= 4 is 15.9 Å². The van der Waals surface area contributed by atoms with Gasteiger partial charge in [-0.1, -0.05) is 0 Å². The molecule has 21 heavy (non-hydrogen) atoms. The fourth-order valence-electron chi connectivity index (χ4n) is 2.41. The van der Waals surface area contributed by atoms with Crippen molar-refractivity contribution in [2.45, 2.75) is 31.1 Å². The number of primary sulfonamides is 1. The van der Waals surface area contributed by atoms with E-state index in [1.807, 2.05) is 0 Å². The number of amides is 1. The summed E-state index contributed by atoms with van der Waals surface area (Å²) in [4.78, 5) is 13.8. The summed E-state index contributed by atoms with van der Waals surface area (Å²) >= 11 is 0. The van der Waals surface area contributed by atoms with Gasteiger partial charge in [0.2, 0.25) is 10.0 Å². The Kier molecular flexibility index (Phi) is 4.84. The molecule has 1 aliphatic rings. The SMILES string of the molecule is Cc1cc(OCC(=O)N2CCCCC2)ccc1S(N)(=O)=O. The van der Waals surface area contributed by atoms with E-state index in [-0.39, 0.29) is 17.4 Å². The number of carbonyl (C=O) groups excluding carboxylic acids is 1. The van der Waals surface area contributed by atoms with Crippen LogP contribution in [0, 0.1) is 6.92 Å². The van der Waals surface area contributed by atoms with Gasteiger partial charge in [0.25, 0.3) is 5.91 Å². The Morgan fingerprint density at radius 1 is 1.29 bits per heavy atom. The van der Waals surface area contributed by atoms with Crippen LogP contribution in [0.5, 0.6) is 5.75 Å². The summed E-state index contributed by atoms with van der Waals surface area (Å²) in [5, 5.41) is 5.10. The number of benzene rings is 1. The molecule has 1 aromatic carbocycles. The number of ether oxygens (including phenoxy) is 1. The first-order valence-electron chi connectivity index (χ1n) is 6.92. The van der Waals surface area contributed by atoms with Crippen molar-refractivity contribution in [2.24, 2.45) is 5.14 Å². The van der Waals surface area contributed by atoms with E-state index >= 15 is 0 Å². The Balaban J connectivity index is 1.97. The van der Waals surface area contributed by atoms with Crippen LogP contribution in [0.25, 0.3) is 0 Å². The Morgan fingerprint density at radius 3 is 2.52 bits per heavy atom. The van der Waals surface area contributed by atoms with Crippen molar-refractivity contribution in [3.8, 4) is 5.75 Å². The molecule has 1 aromatic rings. The highest BCUT2D eigenvalue weighted by Gasteiger charge is 2.17. The van der Waals surface area contributed by atoms with Crippen molar-refractivity contribution in [2.75, 3.05) is 19.7 Å². The third kappa shape index (κ3) is 4.18. The van der Waals surface area contributed by atoms with Crippen LogP contribution in [-0.2, 0) is 14.8 Å². The van der Waals surface area contributed by atoms with Gasteiger partial charge in [-0.05, 0) is 49.9 Å². The topological polar surface area (TPSA) is 89.7 Å². The number of piperidine rings is 1. The third-order valence-electron chi connectivity index (χ3n) is 3.52. The van der Waals surface area contributed by atoms with E-state index < -0.39 is 10.0 Å². The fourth-order valence-corrected chi connectivity index (χ4v) is 3.18. The van der Waals surface area contributed by atoms with Gasteiger partial charge in [0, 0.05) is 13.1 Å². The lowest BCUT2D eigenvalue weighted by molar-refractivity contribution is -0.134. The zero-order chi connectivity index (χ0) is 15.5. The van der Waals surface area contributed by atoms with Crippen molar-refractivity contribution in [3.63, 3.8) is 0 Å². The number of aryl methyl sites for hydroxylation is 1. The molecule has 6 nitrogen and oxygen atoms in total. The third-order valence-corrected chi connectivity index (χ3v) is 4.60. The van der Waals surface area contributed by atoms with Gasteiger partial charge in [-0.2, -0.15) is 0 Å². The standard InChI is InChI=1S/C14H20N2O4S/c1-11-9-12(5-6-13(11)21(15,18)19)20-10-14(17)16-7-3-2-4-8-16/h5-6,9H,2-4,7-8,10H2,1H3,(H2,15,18,19). The lowest BCUT2D eigenvalue weighted by atomic mass is 10.1. The van der Waals surface area contributed by atoms with Gasteiger partial charge in [0.05, 0.1) is 4.90 Å². The number of nitrogens with zero attached hydrogens (tertiary/aromatic N) is 1. The van der Waals surface area contributed by atoms with Crippen LogP contribution in [0.15, 0.2) is 23.1 Å². The van der Waals surface area contributed by atoms with Gasteiger partial charge in [-0.3, -0.25) is 4.79 Å². The summed E-state index contributed by atoms with van der Waals surface area (Å²) < 4.78 is 28.1. The lowest BCUT2D eigenvalue weighted by Gasteiger charge is -2.26. The second kappa shape index (κ2) is 6.44. The summed E-state index contributed by atoms with van der Waals surface area (Å²) in [5.74, 6) is 0.424. The first-order chi connectivity index (χ1) is 9.88. The first kappa shape index (κ1) is 15.8. The number of carbonyl (C=O) groups is 1. The smallest absolute Gasteiger partial charge is 0.260 e. The molecule has 0 radical (unpaired) electrons. The molecule has 0 spiro atoms. The molecule has 1 heterocycles. The minimum Gasteiger partial charge on any atom is -0.484 e. The van der Waals surface area contributed by atoms with E-state index in [0.29, 0.717) is 11.3 Å². The molecule has 0 unspecified atom stereocenters. The second-order valence-corrected chi connectivity index (χ2v) is 6.73. The summed E-state index contributed by atoms with van der Waals surface area (Å²) in [5.41, 5.74) is 0.500. The van der Waals surface area contributed by atoms with Crippen LogP contribution in [-0.4, -0.2) is 38.9 Å². The first-order valence-corrected chi connectivity index (χ1v) is 8.46. The maximum absolute atomic E-state index is 12.0. The minimum atomic E-state index is -3.73. The summed E-state index contributed by atoms with van der Waals surface area (Å²) in [7, 11) is -3.73. The number of hydrogen-bond acceptors (Lipinski definition) is 4. The molecule has 116 valence electrons. The zero-order valence-corrected chi connectivity index (χ0v) is 12.9. The lowest BCUT2D eigenvalue weighted by Crippen LogP contribution is -2.38. The predicted molar refractivity (Wildman–Crippen MR) is 78.5 cm³/mol. The molecule has 0 aromatic heterocycles. The van der Waals surface area contributed by atoms with E-state index in [0.717, 1.165) is 25.9 Å². The molecule has 2 rings (SSSR count). The van der Waals surface area contributed by atoms with Crippen molar-refractivity contribution in [1.29, 1.82) is 0 Å². The summed E-state index contributed by atoms with van der Waals surface area (Å²) in [6.45, 7) is 3.17. The molecule has 1 saturated heterocycles. The molecule has 0 saturated carbocycles. The Labute approximate surface area is 124 Å². The Hall–Kier alpha value is -1.60. The maximum Gasteiger partial charge on any atom is 0.260 e. The van der Waals surface area contributed by atoms with Crippen LogP contribution in [0.1, 0.15) is 24.8 Å². The quantitative estimate of drug-likeness (QED) is 0.899. The highest BCUT2D eigenvalue weighted by atomic mass is 32.2. The van der Waals surface area contributed by atoms with E-state index in [2.05, 4.69) is 0 Å². The highest BCUT2D eigenvalue weighted by Crippen LogP contribution is 2.20. The normalized spacial score (nSPS) is 15.8. The average Bonchev–Trinajstić information content (AvgIpc) is 2.44. The van der Waals surface area contributed by atoms with Gasteiger partial charge in [-0.25, -0.2) is 13.6 Å². The van der Waals surface area contributed by atoms with E-state index in [1.165, 1.54) is 18.6 Å². The van der Waals surface area contributed by atoms with Crippen molar-refractivity contribution < 1.29 is 17.9 Å². The Morgan fingerprint density at radius 2 is 1.95 bits per heavy atom. The fraction of sp³-hybridized carbons (Fsp3) is 0.500. The van der Waals surface area contributed by atoms with Gasteiger partial charge < -0.3 is 9.64 Å². The van der Waals surface area contributed by atoms with E-state index in [9.17, 15) is 13.2 Å². The van der Waals surface area contributed by atoms with Crippen LogP contribution >= 0.6 is 0 Å². The molecule has 0 atom stereocenters. The summed E-state index contributed by atoms with van der Waals surface area (Å²) in [6, 6.07) is 4.48. The van der Waals surface area contributed by atoms with Crippen LogP contribution in [0.3, 0.4) is 0 Å². The van der Waals surface area contributed by atoms with Gasteiger partial charge in [0.1, 0.15) is 5.75 Å². The molecule has 1 fully saturated rings. The molecule has 2 N–H and O–H groups in total. The van der Waals surface area contributed by atoms with E-state index in [4.69, 9.17) is 9.88 Å². The number of sulfonamides is 1. The van der Waals surface area contributed by atoms with Crippen molar-refractivity contribution in [3.05, 3.63) is 23.8 Å². The predicted octanol–water partition coefficient (Wildman–Crippen LogP) is 1.03. The zero-order valence-electron chi connectivity index (χ0n) is 12.0. The number of nitrogens with two attached hydrogens (primary N) is 1. The van der Waals surface area contributed by atoms with Crippen LogP contribution < -0.4 is 9.88 Å². The monoisotopic (exact) mass is 312 g/mol. The largest absolute Gasteiger partial charge is 0.484 e. The average molecular weight is 312 g/mol. The van der Waals surface area contributed by atoms with Gasteiger partial charge >= 0.3 is 0 Å². The number of likely N-dealkylation sites (tertiary alicyclic amines) is 1. The highest BCUT2D eigenvalue weighted by molar-refractivity contribution is 7.89. The van der Waals surface area contributed by atoms with Crippen LogP contribution in [0.2, 0.25) is 0 Å². The molecule has 0 bridgehead atoms. The molecule has 0 aliphatic carbocycles. The van der Waals surface area contributed by atoms with Crippen LogP contribution in [0.4, 0.5) is 0 Å². The maximum atomic E-state index is 12.0.